The van der Waals surface area contributed by atoms with Gasteiger partial charge in [-0.2, -0.15) is 9.37 Å². The van der Waals surface area contributed by atoms with Gasteiger partial charge in [-0.25, -0.2) is 8.78 Å². The Labute approximate surface area is 109 Å². The highest BCUT2D eigenvalue weighted by Crippen LogP contribution is 2.18. The van der Waals surface area contributed by atoms with Crippen LogP contribution in [0.4, 0.5) is 19.0 Å². The fourth-order valence-corrected chi connectivity index (χ4v) is 1.72. The third-order valence-electron chi connectivity index (χ3n) is 2.83. The first kappa shape index (κ1) is 13.4. The van der Waals surface area contributed by atoms with E-state index in [1.54, 1.807) is 0 Å². The smallest absolute Gasteiger partial charge is 0.251 e. The summed E-state index contributed by atoms with van der Waals surface area (Å²) < 4.78 is 39.0. The number of benzene rings is 1. The van der Waals surface area contributed by atoms with Gasteiger partial charge < -0.3 is 5.32 Å². The molecule has 1 N–H and O–H groups in total. The summed E-state index contributed by atoms with van der Waals surface area (Å²) in [6.45, 7) is 2.32. The molecule has 2 rings (SSSR count). The summed E-state index contributed by atoms with van der Waals surface area (Å²) in [4.78, 5) is 3.21. The van der Waals surface area contributed by atoms with Crippen molar-refractivity contribution in [3.8, 4) is 0 Å². The van der Waals surface area contributed by atoms with Crippen LogP contribution in [0.15, 0.2) is 36.4 Å². The molecule has 2 aromatic rings. The molecule has 0 saturated heterocycles. The summed E-state index contributed by atoms with van der Waals surface area (Å²) >= 11 is 0. The molecule has 1 atom stereocenters. The van der Waals surface area contributed by atoms with E-state index in [-0.39, 0.29) is 11.7 Å². The zero-order chi connectivity index (χ0) is 13.8. The van der Waals surface area contributed by atoms with Gasteiger partial charge in [0.25, 0.3) is 5.95 Å². The molecule has 1 heterocycles. The first-order valence-corrected chi connectivity index (χ1v) is 5.88. The van der Waals surface area contributed by atoms with Crippen LogP contribution in [0.5, 0.6) is 0 Å². The van der Waals surface area contributed by atoms with E-state index in [0.717, 1.165) is 5.56 Å². The lowest BCUT2D eigenvalue weighted by molar-refractivity contribution is 0.466. The minimum Gasteiger partial charge on any atom is -0.367 e. The minimum atomic E-state index is -1.31. The third kappa shape index (κ3) is 3.24. The standard InChI is InChI=1S/C14H13F3N2/c1-9(10-5-3-2-4-6-10)8-18-14-12(16)7-11(15)13(17)19-14/h2-7,9H,8H2,1H3,(H,18,19). The second-order valence-corrected chi connectivity index (χ2v) is 4.28. The van der Waals surface area contributed by atoms with Gasteiger partial charge in [0.1, 0.15) is 0 Å². The fourth-order valence-electron chi connectivity index (χ4n) is 1.72. The van der Waals surface area contributed by atoms with Crippen molar-refractivity contribution < 1.29 is 13.2 Å². The summed E-state index contributed by atoms with van der Waals surface area (Å²) in [5.41, 5.74) is 1.07. The van der Waals surface area contributed by atoms with Crippen LogP contribution in [0, 0.1) is 17.6 Å². The van der Waals surface area contributed by atoms with Crippen molar-refractivity contribution >= 4 is 5.82 Å². The van der Waals surface area contributed by atoms with Crippen LogP contribution in [0.2, 0.25) is 0 Å². The molecular formula is C14H13F3N2. The number of anilines is 1. The molecule has 1 unspecified atom stereocenters. The van der Waals surface area contributed by atoms with E-state index in [9.17, 15) is 13.2 Å². The van der Waals surface area contributed by atoms with Gasteiger partial charge in [0.05, 0.1) is 0 Å². The zero-order valence-corrected chi connectivity index (χ0v) is 10.3. The van der Waals surface area contributed by atoms with Crippen LogP contribution in [0.1, 0.15) is 18.4 Å². The van der Waals surface area contributed by atoms with Gasteiger partial charge in [-0.3, -0.25) is 0 Å². The molecule has 100 valence electrons. The summed E-state index contributed by atoms with van der Waals surface area (Å²) in [6, 6.07) is 10.1. The van der Waals surface area contributed by atoms with Crippen LogP contribution >= 0.6 is 0 Å². The lowest BCUT2D eigenvalue weighted by atomic mass is 10.0. The van der Waals surface area contributed by atoms with Crippen molar-refractivity contribution in [3.63, 3.8) is 0 Å². The number of halogens is 3. The van der Waals surface area contributed by atoms with Crippen LogP contribution < -0.4 is 5.32 Å². The SMILES string of the molecule is CC(CNc1nc(F)c(F)cc1F)c1ccccc1. The Morgan fingerprint density at radius 1 is 1.11 bits per heavy atom. The first-order valence-electron chi connectivity index (χ1n) is 5.88. The van der Waals surface area contributed by atoms with Crippen LogP contribution in [-0.2, 0) is 0 Å². The molecule has 0 amide bonds. The van der Waals surface area contributed by atoms with E-state index in [1.807, 2.05) is 37.3 Å². The summed E-state index contributed by atoms with van der Waals surface area (Å²) in [7, 11) is 0. The van der Waals surface area contributed by atoms with Crippen LogP contribution in [0.3, 0.4) is 0 Å². The Balaban J connectivity index is 2.05. The number of nitrogens with one attached hydrogen (secondary N) is 1. The number of rotatable bonds is 4. The molecule has 0 aliphatic heterocycles. The highest BCUT2D eigenvalue weighted by molar-refractivity contribution is 5.37. The quantitative estimate of drug-likeness (QED) is 0.853. The maximum absolute atomic E-state index is 13.4. The molecule has 1 aromatic carbocycles. The topological polar surface area (TPSA) is 24.9 Å². The second kappa shape index (κ2) is 5.73. The van der Waals surface area contributed by atoms with E-state index in [1.165, 1.54) is 0 Å². The van der Waals surface area contributed by atoms with Gasteiger partial charge in [0, 0.05) is 12.6 Å². The molecule has 2 nitrogen and oxygen atoms in total. The summed E-state index contributed by atoms with van der Waals surface area (Å²) in [5.74, 6) is -3.69. The Hall–Kier alpha value is -2.04. The van der Waals surface area contributed by atoms with Gasteiger partial charge in [0.2, 0.25) is 0 Å². The maximum Gasteiger partial charge on any atom is 0.251 e. The average Bonchev–Trinajstić information content (AvgIpc) is 2.42. The lowest BCUT2D eigenvalue weighted by Gasteiger charge is -2.13. The first-order chi connectivity index (χ1) is 9.08. The maximum atomic E-state index is 13.4. The molecular weight excluding hydrogens is 253 g/mol. The Morgan fingerprint density at radius 2 is 1.79 bits per heavy atom. The van der Waals surface area contributed by atoms with Gasteiger partial charge in [-0.05, 0) is 11.5 Å². The predicted molar refractivity (Wildman–Crippen MR) is 67.5 cm³/mol. The van der Waals surface area contributed by atoms with Gasteiger partial charge in [0.15, 0.2) is 17.5 Å². The predicted octanol–water partition coefficient (Wildman–Crippen LogP) is 3.71. The van der Waals surface area contributed by atoms with Gasteiger partial charge >= 0.3 is 0 Å². The monoisotopic (exact) mass is 266 g/mol. The molecule has 0 bridgehead atoms. The molecule has 19 heavy (non-hydrogen) atoms. The minimum absolute atomic E-state index is 0.0931. The number of hydrogen-bond donors (Lipinski definition) is 1. The molecule has 0 fully saturated rings. The molecule has 0 radical (unpaired) electrons. The van der Waals surface area contributed by atoms with Crippen molar-refractivity contribution in [2.45, 2.75) is 12.8 Å². The van der Waals surface area contributed by atoms with E-state index < -0.39 is 17.6 Å². The highest BCUT2D eigenvalue weighted by atomic mass is 19.2. The van der Waals surface area contributed by atoms with Gasteiger partial charge in [-0.1, -0.05) is 37.3 Å². The molecule has 5 heteroatoms. The van der Waals surface area contributed by atoms with Crippen LogP contribution in [0.25, 0.3) is 0 Å². The summed E-state index contributed by atoms with van der Waals surface area (Å²) in [5, 5.41) is 2.69. The third-order valence-corrected chi connectivity index (χ3v) is 2.83. The Morgan fingerprint density at radius 3 is 2.47 bits per heavy atom. The van der Waals surface area contributed by atoms with E-state index in [0.29, 0.717) is 12.6 Å². The molecule has 1 aromatic heterocycles. The number of aromatic nitrogens is 1. The lowest BCUT2D eigenvalue weighted by Crippen LogP contribution is -2.13. The molecule has 0 spiro atoms. The number of pyridine rings is 1. The number of nitrogens with zero attached hydrogens (tertiary/aromatic N) is 1. The molecule has 0 aliphatic rings. The van der Waals surface area contributed by atoms with E-state index in [4.69, 9.17) is 0 Å². The average molecular weight is 266 g/mol. The number of hydrogen-bond acceptors (Lipinski definition) is 2. The largest absolute Gasteiger partial charge is 0.367 e. The molecule has 0 saturated carbocycles. The fraction of sp³-hybridized carbons (Fsp3) is 0.214. The van der Waals surface area contributed by atoms with E-state index >= 15 is 0 Å². The highest BCUT2D eigenvalue weighted by Gasteiger charge is 2.12. The molecule has 0 aliphatic carbocycles. The van der Waals surface area contributed by atoms with Gasteiger partial charge in [-0.15, -0.1) is 0 Å². The Bertz CT molecular complexity index is 558. The van der Waals surface area contributed by atoms with Crippen molar-refractivity contribution in [2.75, 3.05) is 11.9 Å². The zero-order valence-electron chi connectivity index (χ0n) is 10.3. The van der Waals surface area contributed by atoms with Crippen molar-refractivity contribution in [2.24, 2.45) is 0 Å². The van der Waals surface area contributed by atoms with Crippen molar-refractivity contribution in [1.82, 2.24) is 4.98 Å². The van der Waals surface area contributed by atoms with Crippen molar-refractivity contribution in [1.29, 1.82) is 0 Å². The van der Waals surface area contributed by atoms with Crippen molar-refractivity contribution in [3.05, 3.63) is 59.5 Å². The Kier molecular flexibility index (Phi) is 4.04. The van der Waals surface area contributed by atoms with Crippen LogP contribution in [-0.4, -0.2) is 11.5 Å². The van der Waals surface area contributed by atoms with E-state index in [2.05, 4.69) is 10.3 Å². The normalized spacial score (nSPS) is 12.2. The second-order valence-electron chi connectivity index (χ2n) is 4.28. The summed E-state index contributed by atoms with van der Waals surface area (Å²) in [6.07, 6.45) is 0.